The van der Waals surface area contributed by atoms with Crippen LogP contribution in [-0.4, -0.2) is 48.2 Å². The van der Waals surface area contributed by atoms with E-state index in [9.17, 15) is 4.79 Å². The standard InChI is InChI=1S/C18H24N4O2/c1-18(2,11-22(3)4)10-19-17(23)16-13-9-24-14-8-6-5-7-12(14)15(13)20-21-16/h5-8H,9-11H2,1-4H3,(H,19,23)(H,20,21). The third kappa shape index (κ3) is 3.28. The number of hydrogen-bond acceptors (Lipinski definition) is 4. The number of para-hydroxylation sites is 1. The Bertz CT molecular complexity index is 749. The van der Waals surface area contributed by atoms with Gasteiger partial charge in [0.25, 0.3) is 5.91 Å². The number of amides is 1. The lowest BCUT2D eigenvalue weighted by Gasteiger charge is -2.28. The van der Waals surface area contributed by atoms with Crippen LogP contribution in [0.2, 0.25) is 0 Å². The highest BCUT2D eigenvalue weighted by molar-refractivity contribution is 5.96. The molecule has 1 aromatic carbocycles. The Kier molecular flexibility index (Phi) is 4.32. The van der Waals surface area contributed by atoms with Crippen LogP contribution in [-0.2, 0) is 6.61 Å². The summed E-state index contributed by atoms with van der Waals surface area (Å²) in [6.07, 6.45) is 0. The van der Waals surface area contributed by atoms with Crippen molar-refractivity contribution in [2.24, 2.45) is 5.41 Å². The average molecular weight is 328 g/mol. The van der Waals surface area contributed by atoms with Crippen molar-refractivity contribution in [2.45, 2.75) is 20.5 Å². The molecule has 0 radical (unpaired) electrons. The molecule has 1 aromatic heterocycles. The third-order valence-electron chi connectivity index (χ3n) is 4.08. The van der Waals surface area contributed by atoms with Crippen molar-refractivity contribution in [3.05, 3.63) is 35.5 Å². The molecule has 1 aliphatic heterocycles. The van der Waals surface area contributed by atoms with Crippen molar-refractivity contribution < 1.29 is 9.53 Å². The molecule has 128 valence electrons. The lowest BCUT2D eigenvalue weighted by Crippen LogP contribution is -2.40. The minimum absolute atomic E-state index is 0.0116. The van der Waals surface area contributed by atoms with Crippen LogP contribution in [0.5, 0.6) is 5.75 Å². The second kappa shape index (κ2) is 6.28. The zero-order valence-corrected chi connectivity index (χ0v) is 14.6. The van der Waals surface area contributed by atoms with Crippen LogP contribution in [0.4, 0.5) is 0 Å². The van der Waals surface area contributed by atoms with Crippen LogP contribution in [0.3, 0.4) is 0 Å². The maximum Gasteiger partial charge on any atom is 0.269 e. The molecule has 0 fully saturated rings. The Hall–Kier alpha value is -2.34. The van der Waals surface area contributed by atoms with Crippen LogP contribution in [0.25, 0.3) is 11.3 Å². The van der Waals surface area contributed by atoms with Crippen LogP contribution in [0, 0.1) is 5.41 Å². The topological polar surface area (TPSA) is 70.2 Å². The molecule has 2 N–H and O–H groups in total. The van der Waals surface area contributed by atoms with Crippen molar-refractivity contribution in [3.8, 4) is 17.0 Å². The number of carbonyl (C=O) groups excluding carboxylic acids is 1. The Morgan fingerprint density at radius 1 is 1.38 bits per heavy atom. The number of benzene rings is 1. The second-order valence-corrected chi connectivity index (χ2v) is 7.30. The van der Waals surface area contributed by atoms with Gasteiger partial charge in [0.15, 0.2) is 0 Å². The number of aromatic nitrogens is 2. The van der Waals surface area contributed by atoms with Gasteiger partial charge < -0.3 is 15.0 Å². The van der Waals surface area contributed by atoms with Crippen molar-refractivity contribution in [1.29, 1.82) is 0 Å². The van der Waals surface area contributed by atoms with Crippen molar-refractivity contribution in [1.82, 2.24) is 20.4 Å². The minimum Gasteiger partial charge on any atom is -0.488 e. The van der Waals surface area contributed by atoms with E-state index in [4.69, 9.17) is 4.74 Å². The molecule has 1 amide bonds. The summed E-state index contributed by atoms with van der Waals surface area (Å²) < 4.78 is 5.75. The van der Waals surface area contributed by atoms with Gasteiger partial charge in [-0.15, -0.1) is 0 Å². The first-order chi connectivity index (χ1) is 11.4. The fourth-order valence-electron chi connectivity index (χ4n) is 3.17. The average Bonchev–Trinajstić information content (AvgIpc) is 2.96. The van der Waals surface area contributed by atoms with Gasteiger partial charge in [0.05, 0.1) is 0 Å². The lowest BCUT2D eigenvalue weighted by molar-refractivity contribution is 0.0921. The van der Waals surface area contributed by atoms with E-state index in [0.717, 1.165) is 29.1 Å². The van der Waals surface area contributed by atoms with E-state index in [1.807, 2.05) is 38.4 Å². The van der Waals surface area contributed by atoms with Gasteiger partial charge in [-0.1, -0.05) is 26.0 Å². The van der Waals surface area contributed by atoms with Gasteiger partial charge in [-0.05, 0) is 31.6 Å². The van der Waals surface area contributed by atoms with Gasteiger partial charge in [0.2, 0.25) is 0 Å². The van der Waals surface area contributed by atoms with Gasteiger partial charge in [-0.3, -0.25) is 9.89 Å². The van der Waals surface area contributed by atoms with Gasteiger partial charge >= 0.3 is 0 Å². The van der Waals surface area contributed by atoms with Gasteiger partial charge in [0, 0.05) is 24.2 Å². The normalized spacial score (nSPS) is 13.2. The number of aromatic amines is 1. The molecule has 3 rings (SSSR count). The fourth-order valence-corrected chi connectivity index (χ4v) is 3.17. The highest BCUT2D eigenvalue weighted by Gasteiger charge is 2.27. The summed E-state index contributed by atoms with van der Waals surface area (Å²) in [6, 6.07) is 7.74. The molecule has 0 atom stereocenters. The molecule has 0 unspecified atom stereocenters. The molecule has 0 saturated heterocycles. The minimum atomic E-state index is -0.140. The molecule has 2 heterocycles. The molecular weight excluding hydrogens is 304 g/mol. The third-order valence-corrected chi connectivity index (χ3v) is 4.08. The largest absolute Gasteiger partial charge is 0.488 e. The van der Waals surface area contributed by atoms with Crippen LogP contribution in [0.1, 0.15) is 29.9 Å². The summed E-state index contributed by atoms with van der Waals surface area (Å²) in [5.74, 6) is 0.661. The smallest absolute Gasteiger partial charge is 0.269 e. The monoisotopic (exact) mass is 328 g/mol. The molecule has 6 heteroatoms. The number of carbonyl (C=O) groups is 1. The van der Waals surface area contributed by atoms with E-state index in [-0.39, 0.29) is 11.3 Å². The van der Waals surface area contributed by atoms with E-state index in [1.54, 1.807) is 0 Å². The van der Waals surface area contributed by atoms with E-state index in [2.05, 4.69) is 34.3 Å². The Morgan fingerprint density at radius 2 is 2.12 bits per heavy atom. The SMILES string of the molecule is CN(C)CC(C)(C)CNC(=O)c1[nH]nc2c1COc1ccccc1-2. The predicted molar refractivity (Wildman–Crippen MR) is 93.0 cm³/mol. The van der Waals surface area contributed by atoms with Crippen molar-refractivity contribution in [3.63, 3.8) is 0 Å². The van der Waals surface area contributed by atoms with Crippen LogP contribution < -0.4 is 10.1 Å². The zero-order valence-electron chi connectivity index (χ0n) is 14.6. The number of rotatable bonds is 5. The van der Waals surface area contributed by atoms with Crippen LogP contribution in [0.15, 0.2) is 24.3 Å². The number of nitrogens with one attached hydrogen (secondary N) is 2. The van der Waals surface area contributed by atoms with Crippen molar-refractivity contribution in [2.75, 3.05) is 27.2 Å². The molecule has 24 heavy (non-hydrogen) atoms. The second-order valence-electron chi connectivity index (χ2n) is 7.30. The zero-order chi connectivity index (χ0) is 17.3. The van der Waals surface area contributed by atoms with E-state index in [0.29, 0.717) is 18.8 Å². The van der Waals surface area contributed by atoms with Gasteiger partial charge in [0.1, 0.15) is 23.7 Å². The molecule has 0 aliphatic carbocycles. The molecule has 6 nitrogen and oxygen atoms in total. The first kappa shape index (κ1) is 16.5. The fraction of sp³-hybridized carbons (Fsp3) is 0.444. The number of hydrogen-bond donors (Lipinski definition) is 2. The molecular formula is C18H24N4O2. The van der Waals surface area contributed by atoms with Crippen molar-refractivity contribution >= 4 is 5.91 Å². The van der Waals surface area contributed by atoms with E-state index >= 15 is 0 Å². The van der Waals surface area contributed by atoms with Gasteiger partial charge in [-0.25, -0.2) is 0 Å². The number of nitrogens with zero attached hydrogens (tertiary/aromatic N) is 2. The maximum atomic E-state index is 12.6. The Labute approximate surface area is 142 Å². The summed E-state index contributed by atoms with van der Waals surface area (Å²) in [5.41, 5.74) is 3.01. The van der Waals surface area contributed by atoms with E-state index in [1.165, 1.54) is 0 Å². The van der Waals surface area contributed by atoms with Gasteiger partial charge in [-0.2, -0.15) is 5.10 Å². The number of fused-ring (bicyclic) bond motifs is 3. The van der Waals surface area contributed by atoms with E-state index < -0.39 is 0 Å². The number of ether oxygens (including phenoxy) is 1. The Morgan fingerprint density at radius 3 is 2.88 bits per heavy atom. The molecule has 0 bridgehead atoms. The maximum absolute atomic E-state index is 12.6. The summed E-state index contributed by atoms with van der Waals surface area (Å²) in [7, 11) is 4.06. The quantitative estimate of drug-likeness (QED) is 0.883. The first-order valence-corrected chi connectivity index (χ1v) is 8.10. The molecule has 0 saturated carbocycles. The summed E-state index contributed by atoms with van der Waals surface area (Å²) in [5, 5.41) is 10.2. The predicted octanol–water partition coefficient (Wildman–Crippen LogP) is 2.29. The highest BCUT2D eigenvalue weighted by atomic mass is 16.5. The summed E-state index contributed by atoms with van der Waals surface area (Å²) >= 11 is 0. The summed E-state index contributed by atoms with van der Waals surface area (Å²) in [4.78, 5) is 14.7. The highest BCUT2D eigenvalue weighted by Crippen LogP contribution is 2.36. The lowest BCUT2D eigenvalue weighted by atomic mass is 9.93. The molecule has 0 spiro atoms. The molecule has 2 aromatic rings. The number of H-pyrrole nitrogens is 1. The summed E-state index contributed by atoms with van der Waals surface area (Å²) in [6.45, 7) is 6.11. The van der Waals surface area contributed by atoms with Crippen LogP contribution >= 0.6 is 0 Å². The first-order valence-electron chi connectivity index (χ1n) is 8.10. The Balaban J connectivity index is 1.76. The molecule has 1 aliphatic rings.